The van der Waals surface area contributed by atoms with E-state index in [0.717, 1.165) is 5.56 Å². The number of hydrogen-bond donors (Lipinski definition) is 1. The Morgan fingerprint density at radius 1 is 1.32 bits per heavy atom. The molecule has 2 rings (SSSR count). The van der Waals surface area contributed by atoms with Crippen molar-refractivity contribution in [3.8, 4) is 0 Å². The van der Waals surface area contributed by atoms with Crippen LogP contribution in [0.3, 0.4) is 0 Å². The number of carboxylic acid groups (broad SMARTS) is 1. The lowest BCUT2D eigenvalue weighted by atomic mass is 10.2. The number of carbonyl (C=O) groups excluding carboxylic acids is 1. The summed E-state index contributed by atoms with van der Waals surface area (Å²) in [7, 11) is 1.66. The summed E-state index contributed by atoms with van der Waals surface area (Å²) >= 11 is 1.56. The van der Waals surface area contributed by atoms with Crippen LogP contribution in [-0.4, -0.2) is 33.9 Å². The van der Waals surface area contributed by atoms with E-state index in [9.17, 15) is 9.59 Å². The summed E-state index contributed by atoms with van der Waals surface area (Å²) in [5.41, 5.74) is 1.04. The molecule has 0 spiro atoms. The molecular formula is C13H12N2O3S. The zero-order chi connectivity index (χ0) is 13.8. The van der Waals surface area contributed by atoms with Crippen molar-refractivity contribution in [2.45, 2.75) is 6.54 Å². The number of amides is 1. The first-order valence-electron chi connectivity index (χ1n) is 5.55. The van der Waals surface area contributed by atoms with Gasteiger partial charge >= 0.3 is 5.97 Å². The summed E-state index contributed by atoms with van der Waals surface area (Å²) in [5.74, 6) is -1.44. The Morgan fingerprint density at radius 2 is 2.05 bits per heavy atom. The van der Waals surface area contributed by atoms with Crippen LogP contribution in [0.15, 0.2) is 35.0 Å². The van der Waals surface area contributed by atoms with E-state index in [0.29, 0.717) is 6.54 Å². The molecule has 0 unspecified atom stereocenters. The molecule has 19 heavy (non-hydrogen) atoms. The first kappa shape index (κ1) is 13.2. The summed E-state index contributed by atoms with van der Waals surface area (Å²) in [4.78, 5) is 28.3. The number of pyridine rings is 1. The second-order valence-corrected chi connectivity index (χ2v) is 4.79. The van der Waals surface area contributed by atoms with E-state index in [-0.39, 0.29) is 17.3 Å². The third-order valence-electron chi connectivity index (χ3n) is 2.53. The fourth-order valence-electron chi connectivity index (χ4n) is 1.60. The average molecular weight is 276 g/mol. The molecule has 0 saturated carbocycles. The van der Waals surface area contributed by atoms with Crippen LogP contribution in [0.1, 0.15) is 26.5 Å². The minimum absolute atomic E-state index is 0.130. The van der Waals surface area contributed by atoms with Gasteiger partial charge < -0.3 is 10.0 Å². The summed E-state index contributed by atoms with van der Waals surface area (Å²) in [6.07, 6.45) is 0. The van der Waals surface area contributed by atoms with Gasteiger partial charge in [-0.2, -0.15) is 11.3 Å². The van der Waals surface area contributed by atoms with Crippen molar-refractivity contribution in [1.82, 2.24) is 9.88 Å². The van der Waals surface area contributed by atoms with Crippen molar-refractivity contribution in [3.05, 3.63) is 52.0 Å². The molecule has 0 aliphatic carbocycles. The summed E-state index contributed by atoms with van der Waals surface area (Å²) < 4.78 is 0. The molecule has 0 atom stereocenters. The zero-order valence-corrected chi connectivity index (χ0v) is 11.1. The first-order valence-corrected chi connectivity index (χ1v) is 6.49. The Labute approximate surface area is 114 Å². The number of aromatic carboxylic acids is 1. The quantitative estimate of drug-likeness (QED) is 0.928. The van der Waals surface area contributed by atoms with E-state index in [4.69, 9.17) is 5.11 Å². The molecule has 1 N–H and O–H groups in total. The fraction of sp³-hybridized carbons (Fsp3) is 0.154. The van der Waals surface area contributed by atoms with Crippen molar-refractivity contribution in [2.24, 2.45) is 0 Å². The highest BCUT2D eigenvalue weighted by Crippen LogP contribution is 2.10. The van der Waals surface area contributed by atoms with Gasteiger partial charge in [-0.1, -0.05) is 6.07 Å². The lowest BCUT2D eigenvalue weighted by Crippen LogP contribution is -2.27. The molecule has 2 aromatic heterocycles. The fourth-order valence-corrected chi connectivity index (χ4v) is 2.26. The highest BCUT2D eigenvalue weighted by Gasteiger charge is 2.15. The standard InChI is InChI=1S/C13H12N2O3S/c1-15(7-9-5-6-19-8-9)12(16)10-3-2-4-11(14-10)13(17)18/h2-6,8H,7H2,1H3,(H,17,18). The zero-order valence-electron chi connectivity index (χ0n) is 10.2. The van der Waals surface area contributed by atoms with Gasteiger partial charge in [-0.25, -0.2) is 9.78 Å². The number of aromatic nitrogens is 1. The monoisotopic (exact) mass is 276 g/mol. The third kappa shape index (κ3) is 3.17. The van der Waals surface area contributed by atoms with Gasteiger partial charge in [0.15, 0.2) is 0 Å². The minimum atomic E-state index is -1.14. The molecule has 1 amide bonds. The average Bonchev–Trinajstić information content (AvgIpc) is 2.90. The second-order valence-electron chi connectivity index (χ2n) is 4.01. The van der Waals surface area contributed by atoms with Crippen LogP contribution in [0.25, 0.3) is 0 Å². The predicted octanol–water partition coefficient (Wildman–Crippen LogP) is 2.11. The van der Waals surface area contributed by atoms with E-state index >= 15 is 0 Å². The number of carbonyl (C=O) groups is 2. The minimum Gasteiger partial charge on any atom is -0.477 e. The molecule has 2 aromatic rings. The Morgan fingerprint density at radius 3 is 2.68 bits per heavy atom. The molecule has 0 aliphatic heterocycles. The molecule has 98 valence electrons. The van der Waals surface area contributed by atoms with Gasteiger partial charge in [-0.05, 0) is 34.5 Å². The van der Waals surface area contributed by atoms with Gasteiger partial charge in [0.05, 0.1) is 0 Å². The summed E-state index contributed by atoms with van der Waals surface area (Å²) in [6.45, 7) is 0.474. The van der Waals surface area contributed by atoms with Crippen molar-refractivity contribution >= 4 is 23.2 Å². The maximum atomic E-state index is 12.1. The Balaban J connectivity index is 2.14. The topological polar surface area (TPSA) is 70.5 Å². The molecule has 2 heterocycles. The van der Waals surface area contributed by atoms with Crippen LogP contribution in [-0.2, 0) is 6.54 Å². The van der Waals surface area contributed by atoms with Gasteiger partial charge in [0, 0.05) is 13.6 Å². The number of nitrogens with zero attached hydrogens (tertiary/aromatic N) is 2. The molecule has 0 aliphatic rings. The summed E-state index contributed by atoms with van der Waals surface area (Å²) in [5, 5.41) is 12.8. The van der Waals surface area contributed by atoms with Gasteiger partial charge in [0.25, 0.3) is 5.91 Å². The molecule has 0 radical (unpaired) electrons. The van der Waals surface area contributed by atoms with E-state index in [1.54, 1.807) is 18.4 Å². The molecule has 0 bridgehead atoms. The normalized spacial score (nSPS) is 10.2. The van der Waals surface area contributed by atoms with Crippen LogP contribution in [0, 0.1) is 0 Å². The largest absolute Gasteiger partial charge is 0.477 e. The maximum absolute atomic E-state index is 12.1. The van der Waals surface area contributed by atoms with Crippen LogP contribution < -0.4 is 0 Å². The lowest BCUT2D eigenvalue weighted by molar-refractivity contribution is 0.0690. The van der Waals surface area contributed by atoms with Crippen molar-refractivity contribution in [1.29, 1.82) is 0 Å². The second kappa shape index (κ2) is 5.62. The number of thiophene rings is 1. The lowest BCUT2D eigenvalue weighted by Gasteiger charge is -2.15. The Hall–Kier alpha value is -2.21. The van der Waals surface area contributed by atoms with Gasteiger partial charge in [0.2, 0.25) is 0 Å². The summed E-state index contributed by atoms with van der Waals surface area (Å²) in [6, 6.07) is 6.33. The van der Waals surface area contributed by atoms with Gasteiger partial charge in [-0.3, -0.25) is 4.79 Å². The number of rotatable bonds is 4. The Bertz CT molecular complexity index is 596. The van der Waals surface area contributed by atoms with Crippen LogP contribution in [0.2, 0.25) is 0 Å². The Kier molecular flexibility index (Phi) is 3.91. The first-order chi connectivity index (χ1) is 9.08. The molecule has 5 nitrogen and oxygen atoms in total. The molecule has 0 saturated heterocycles. The van der Waals surface area contributed by atoms with Crippen molar-refractivity contribution < 1.29 is 14.7 Å². The van der Waals surface area contributed by atoms with Crippen molar-refractivity contribution in [3.63, 3.8) is 0 Å². The predicted molar refractivity (Wildman–Crippen MR) is 71.3 cm³/mol. The molecule has 6 heteroatoms. The van der Waals surface area contributed by atoms with Crippen molar-refractivity contribution in [2.75, 3.05) is 7.05 Å². The van der Waals surface area contributed by atoms with E-state index in [1.807, 2.05) is 16.8 Å². The highest BCUT2D eigenvalue weighted by atomic mass is 32.1. The smallest absolute Gasteiger partial charge is 0.354 e. The van der Waals surface area contributed by atoms with Crippen LogP contribution in [0.5, 0.6) is 0 Å². The van der Waals surface area contributed by atoms with E-state index in [1.165, 1.54) is 23.1 Å². The number of carboxylic acids is 1. The van der Waals surface area contributed by atoms with Gasteiger partial charge in [0.1, 0.15) is 11.4 Å². The van der Waals surface area contributed by atoms with E-state index in [2.05, 4.69) is 4.98 Å². The SMILES string of the molecule is CN(Cc1ccsc1)C(=O)c1cccc(C(=O)O)n1. The van der Waals surface area contributed by atoms with E-state index < -0.39 is 5.97 Å². The van der Waals surface area contributed by atoms with Crippen LogP contribution in [0.4, 0.5) is 0 Å². The van der Waals surface area contributed by atoms with Gasteiger partial charge in [-0.15, -0.1) is 0 Å². The third-order valence-corrected chi connectivity index (χ3v) is 3.27. The maximum Gasteiger partial charge on any atom is 0.354 e. The molecular weight excluding hydrogens is 264 g/mol. The van der Waals surface area contributed by atoms with Crippen LogP contribution >= 0.6 is 11.3 Å². The highest BCUT2D eigenvalue weighted by molar-refractivity contribution is 7.07. The number of hydrogen-bond acceptors (Lipinski definition) is 4. The molecule has 0 fully saturated rings. The molecule has 0 aromatic carbocycles.